The third kappa shape index (κ3) is 3.36. The zero-order valence-corrected chi connectivity index (χ0v) is 13.3. The van der Waals surface area contributed by atoms with Gasteiger partial charge in [-0.05, 0) is 45.9 Å². The Morgan fingerprint density at radius 1 is 1.42 bits per heavy atom. The van der Waals surface area contributed by atoms with Crippen molar-refractivity contribution in [3.63, 3.8) is 0 Å². The number of rotatable bonds is 5. The molecule has 0 bridgehead atoms. The topological polar surface area (TPSA) is 47.3 Å². The highest BCUT2D eigenvalue weighted by Crippen LogP contribution is 2.32. The molecule has 1 unspecified atom stereocenters. The second-order valence-corrected chi connectivity index (χ2v) is 6.22. The Hall–Kier alpha value is -0.880. The van der Waals surface area contributed by atoms with Crippen molar-refractivity contribution in [2.75, 3.05) is 7.11 Å². The molecule has 0 saturated carbocycles. The maximum absolute atomic E-state index is 5.72. The minimum absolute atomic E-state index is 0.0329. The zero-order chi connectivity index (χ0) is 13.8. The van der Waals surface area contributed by atoms with E-state index in [9.17, 15) is 0 Å². The third-order valence-corrected chi connectivity index (χ3v) is 4.99. The smallest absolute Gasteiger partial charge is 0.123 e. The predicted octanol–water partition coefficient (Wildman–Crippen LogP) is 3.57. The molecule has 3 N–H and O–H groups in total. The summed E-state index contributed by atoms with van der Waals surface area (Å²) in [7, 11) is 1.69. The first kappa shape index (κ1) is 14.5. The molecule has 102 valence electrons. The Kier molecular flexibility index (Phi) is 4.99. The summed E-state index contributed by atoms with van der Waals surface area (Å²) < 4.78 is 6.58. The number of nitrogens with one attached hydrogen (secondary N) is 1. The Labute approximate surface area is 125 Å². The molecule has 19 heavy (non-hydrogen) atoms. The molecule has 0 spiro atoms. The van der Waals surface area contributed by atoms with E-state index < -0.39 is 0 Å². The molecule has 1 heterocycles. The van der Waals surface area contributed by atoms with Crippen LogP contribution in [-0.2, 0) is 6.42 Å². The lowest BCUT2D eigenvalue weighted by atomic mass is 10.0. The molecule has 0 aliphatic rings. The van der Waals surface area contributed by atoms with Crippen molar-refractivity contribution >= 4 is 27.3 Å². The summed E-state index contributed by atoms with van der Waals surface area (Å²) in [5.74, 6) is 6.59. The lowest BCUT2D eigenvalue weighted by molar-refractivity contribution is 0.399. The standard InChI is InChI=1S/C14H17BrN2OS/c1-9-3-4-10(13(7-9)18-2)12(17-16)8-14-11(15)5-6-19-14/h3-7,12,17H,8,16H2,1-2H3. The van der Waals surface area contributed by atoms with Crippen molar-refractivity contribution in [3.8, 4) is 5.75 Å². The van der Waals surface area contributed by atoms with Gasteiger partial charge in [0, 0.05) is 21.3 Å². The lowest BCUT2D eigenvalue weighted by Crippen LogP contribution is -2.29. The van der Waals surface area contributed by atoms with Crippen LogP contribution in [0.4, 0.5) is 0 Å². The molecule has 3 nitrogen and oxygen atoms in total. The van der Waals surface area contributed by atoms with Crippen LogP contribution < -0.4 is 16.0 Å². The second-order valence-electron chi connectivity index (χ2n) is 4.36. The zero-order valence-electron chi connectivity index (χ0n) is 10.9. The van der Waals surface area contributed by atoms with Crippen molar-refractivity contribution in [1.82, 2.24) is 5.43 Å². The largest absolute Gasteiger partial charge is 0.496 e. The van der Waals surface area contributed by atoms with Crippen LogP contribution in [0.1, 0.15) is 22.0 Å². The van der Waals surface area contributed by atoms with Gasteiger partial charge in [0.15, 0.2) is 0 Å². The van der Waals surface area contributed by atoms with E-state index >= 15 is 0 Å². The molecule has 0 aliphatic heterocycles. The molecule has 0 aliphatic carbocycles. The Balaban J connectivity index is 2.29. The predicted molar refractivity (Wildman–Crippen MR) is 83.5 cm³/mol. The number of hydrogen-bond donors (Lipinski definition) is 2. The average Bonchev–Trinajstić information content (AvgIpc) is 2.81. The van der Waals surface area contributed by atoms with E-state index in [-0.39, 0.29) is 6.04 Å². The summed E-state index contributed by atoms with van der Waals surface area (Å²) in [4.78, 5) is 1.27. The molecule has 1 aromatic carbocycles. The SMILES string of the molecule is COc1cc(C)ccc1C(Cc1sccc1Br)NN. The van der Waals surface area contributed by atoms with E-state index in [1.165, 1.54) is 10.4 Å². The first-order chi connectivity index (χ1) is 9.15. The fourth-order valence-corrected chi connectivity index (χ4v) is 3.58. The van der Waals surface area contributed by atoms with Crippen LogP contribution in [0.3, 0.4) is 0 Å². The first-order valence-corrected chi connectivity index (χ1v) is 7.65. The van der Waals surface area contributed by atoms with E-state index in [0.29, 0.717) is 0 Å². The maximum atomic E-state index is 5.72. The van der Waals surface area contributed by atoms with E-state index in [2.05, 4.69) is 44.9 Å². The van der Waals surface area contributed by atoms with Crippen LogP contribution >= 0.6 is 27.3 Å². The van der Waals surface area contributed by atoms with Crippen molar-refractivity contribution in [2.45, 2.75) is 19.4 Å². The van der Waals surface area contributed by atoms with Crippen molar-refractivity contribution < 1.29 is 4.74 Å². The molecule has 2 aromatic rings. The molecule has 1 atom stereocenters. The number of aryl methyl sites for hydroxylation is 1. The van der Waals surface area contributed by atoms with Crippen LogP contribution in [0.15, 0.2) is 34.1 Å². The van der Waals surface area contributed by atoms with Gasteiger partial charge in [-0.2, -0.15) is 0 Å². The van der Waals surface area contributed by atoms with Crippen LogP contribution in [-0.4, -0.2) is 7.11 Å². The third-order valence-electron chi connectivity index (χ3n) is 3.05. The van der Waals surface area contributed by atoms with Gasteiger partial charge in [-0.15, -0.1) is 11.3 Å². The summed E-state index contributed by atoms with van der Waals surface area (Å²) >= 11 is 5.28. The quantitative estimate of drug-likeness (QED) is 0.646. The van der Waals surface area contributed by atoms with Gasteiger partial charge in [-0.25, -0.2) is 0 Å². The number of halogens is 1. The highest BCUT2D eigenvalue weighted by Gasteiger charge is 2.17. The summed E-state index contributed by atoms with van der Waals surface area (Å²) in [6.45, 7) is 2.05. The van der Waals surface area contributed by atoms with Crippen LogP contribution in [0.25, 0.3) is 0 Å². The van der Waals surface area contributed by atoms with Gasteiger partial charge < -0.3 is 4.74 Å². The van der Waals surface area contributed by atoms with E-state index in [1.54, 1.807) is 18.4 Å². The molecular formula is C14H17BrN2OS. The van der Waals surface area contributed by atoms with Gasteiger partial charge in [0.1, 0.15) is 5.75 Å². The number of nitrogens with two attached hydrogens (primary N) is 1. The van der Waals surface area contributed by atoms with Gasteiger partial charge in [0.25, 0.3) is 0 Å². The molecule has 0 amide bonds. The lowest BCUT2D eigenvalue weighted by Gasteiger charge is -2.19. The number of benzene rings is 1. The minimum atomic E-state index is 0.0329. The van der Waals surface area contributed by atoms with Crippen LogP contribution in [0.2, 0.25) is 0 Å². The highest BCUT2D eigenvalue weighted by molar-refractivity contribution is 9.10. The van der Waals surface area contributed by atoms with Crippen molar-refractivity contribution in [3.05, 3.63) is 50.1 Å². The van der Waals surface area contributed by atoms with Crippen LogP contribution in [0.5, 0.6) is 5.75 Å². The first-order valence-electron chi connectivity index (χ1n) is 5.98. The molecule has 1 aromatic heterocycles. The average molecular weight is 341 g/mol. The number of thiophene rings is 1. The van der Waals surface area contributed by atoms with E-state index in [4.69, 9.17) is 10.6 Å². The number of hydrogen-bond acceptors (Lipinski definition) is 4. The minimum Gasteiger partial charge on any atom is -0.496 e. The van der Waals surface area contributed by atoms with E-state index in [1.807, 2.05) is 13.0 Å². The number of methoxy groups -OCH3 is 1. The summed E-state index contributed by atoms with van der Waals surface area (Å²) in [6.07, 6.45) is 0.828. The monoisotopic (exact) mass is 340 g/mol. The fourth-order valence-electron chi connectivity index (χ4n) is 2.02. The fraction of sp³-hybridized carbons (Fsp3) is 0.286. The molecule has 0 saturated heterocycles. The Morgan fingerprint density at radius 3 is 2.79 bits per heavy atom. The normalized spacial score (nSPS) is 12.4. The van der Waals surface area contributed by atoms with Gasteiger partial charge >= 0.3 is 0 Å². The van der Waals surface area contributed by atoms with Crippen LogP contribution in [0, 0.1) is 6.92 Å². The van der Waals surface area contributed by atoms with Gasteiger partial charge in [-0.3, -0.25) is 11.3 Å². The molecule has 0 radical (unpaired) electrons. The highest BCUT2D eigenvalue weighted by atomic mass is 79.9. The van der Waals surface area contributed by atoms with Gasteiger partial charge in [-0.1, -0.05) is 12.1 Å². The van der Waals surface area contributed by atoms with E-state index in [0.717, 1.165) is 22.2 Å². The summed E-state index contributed by atoms with van der Waals surface area (Å²) in [6, 6.07) is 8.26. The molecule has 2 rings (SSSR count). The summed E-state index contributed by atoms with van der Waals surface area (Å²) in [5.41, 5.74) is 5.14. The van der Waals surface area contributed by atoms with Crippen molar-refractivity contribution in [2.24, 2.45) is 5.84 Å². The Morgan fingerprint density at radius 2 is 2.21 bits per heavy atom. The molecule has 5 heteroatoms. The maximum Gasteiger partial charge on any atom is 0.123 e. The van der Waals surface area contributed by atoms with Gasteiger partial charge in [0.05, 0.1) is 13.2 Å². The number of ether oxygens (including phenoxy) is 1. The number of hydrazine groups is 1. The molecule has 0 fully saturated rings. The Bertz CT molecular complexity index is 556. The van der Waals surface area contributed by atoms with Gasteiger partial charge in [0.2, 0.25) is 0 Å². The molecular weight excluding hydrogens is 324 g/mol. The van der Waals surface area contributed by atoms with Crippen molar-refractivity contribution in [1.29, 1.82) is 0 Å². The summed E-state index contributed by atoms with van der Waals surface area (Å²) in [5, 5.41) is 2.07. The second kappa shape index (κ2) is 6.52.